The summed E-state index contributed by atoms with van der Waals surface area (Å²) in [7, 11) is 2.18. The summed E-state index contributed by atoms with van der Waals surface area (Å²) < 4.78 is 2.08. The average molecular weight is 465 g/mol. The lowest BCUT2D eigenvalue weighted by Crippen LogP contribution is -2.46. The first-order valence-corrected chi connectivity index (χ1v) is 11.1. The Kier molecular flexibility index (Phi) is 8.22. The summed E-state index contributed by atoms with van der Waals surface area (Å²) >= 11 is 0. The van der Waals surface area contributed by atoms with E-state index < -0.39 is 0 Å². The number of likely N-dealkylation sites (N-methyl/N-ethyl adjacent to an activating group) is 1. The third kappa shape index (κ3) is 5.18. The molecule has 0 amide bonds. The number of pyridine rings is 1. The summed E-state index contributed by atoms with van der Waals surface area (Å²) in [5.41, 5.74) is 3.80. The average Bonchev–Trinajstić information content (AvgIpc) is 3.20. The van der Waals surface area contributed by atoms with Gasteiger partial charge in [0.2, 0.25) is 0 Å². The van der Waals surface area contributed by atoms with Crippen LogP contribution in [0.5, 0.6) is 0 Å². The largest absolute Gasteiger partial charge is 0.316 e. The highest BCUT2D eigenvalue weighted by molar-refractivity contribution is 5.85. The van der Waals surface area contributed by atoms with Gasteiger partial charge in [-0.1, -0.05) is 36.4 Å². The molecule has 0 aliphatic carbocycles. The Labute approximate surface area is 197 Å². The van der Waals surface area contributed by atoms with Crippen LogP contribution < -0.4 is 10.9 Å². The Morgan fingerprint density at radius 2 is 1.87 bits per heavy atom. The summed E-state index contributed by atoms with van der Waals surface area (Å²) in [5, 5.41) is 3.52. The maximum atomic E-state index is 13.2. The monoisotopic (exact) mass is 464 g/mol. The summed E-state index contributed by atoms with van der Waals surface area (Å²) in [4.78, 5) is 18.1. The van der Waals surface area contributed by atoms with E-state index in [1.165, 1.54) is 24.1 Å². The van der Waals surface area contributed by atoms with Gasteiger partial charge in [0.05, 0.1) is 0 Å². The second-order valence-corrected chi connectivity index (χ2v) is 9.23. The number of nitrogens with one attached hydrogen (secondary N) is 1. The molecule has 1 N–H and O–H groups in total. The zero-order valence-electron chi connectivity index (χ0n) is 18.2. The minimum atomic E-state index is 0. The number of benzene rings is 1. The van der Waals surface area contributed by atoms with Crippen molar-refractivity contribution in [3.8, 4) is 0 Å². The highest BCUT2D eigenvalue weighted by Gasteiger charge is 2.32. The zero-order chi connectivity index (χ0) is 19.8. The van der Waals surface area contributed by atoms with Crippen LogP contribution in [0.1, 0.15) is 35.6 Å². The highest BCUT2D eigenvalue weighted by atomic mass is 35.5. The second kappa shape index (κ2) is 10.5. The van der Waals surface area contributed by atoms with E-state index in [1.54, 1.807) is 0 Å². The van der Waals surface area contributed by atoms with E-state index in [1.807, 2.05) is 0 Å². The summed E-state index contributed by atoms with van der Waals surface area (Å²) in [6.07, 6.45) is 2.40. The molecule has 5 rings (SSSR count). The van der Waals surface area contributed by atoms with Crippen LogP contribution in [0.4, 0.5) is 0 Å². The molecule has 2 bridgehead atoms. The van der Waals surface area contributed by atoms with Crippen LogP contribution in [-0.2, 0) is 19.6 Å². The first kappa shape index (κ1) is 24.3. The standard InChI is InChI=1S/C24H32N4O.2ClH/c1-26(22-9-10-27(17-22)14-18-5-3-2-4-6-18)16-20-7-8-23-21-11-19(12-25-13-21)15-28(23)24(20)29;;/h2-8,19,21-22,25H,9-17H2,1H3;2*1H/t19-,21+,22+;;/m0../s1. The van der Waals surface area contributed by atoms with Crippen molar-refractivity contribution in [3.63, 3.8) is 0 Å². The summed E-state index contributed by atoms with van der Waals surface area (Å²) in [6.45, 7) is 6.90. The number of piperidine rings is 1. The predicted molar refractivity (Wildman–Crippen MR) is 131 cm³/mol. The SMILES string of the molecule is CN(Cc1ccc2n(c1=O)C[C@@H]1CNC[C@H]2C1)[C@@H]1CCN(Cc2ccccc2)C1.Cl.Cl. The summed E-state index contributed by atoms with van der Waals surface area (Å²) in [6, 6.07) is 15.5. The van der Waals surface area contributed by atoms with Gasteiger partial charge in [-0.25, -0.2) is 0 Å². The van der Waals surface area contributed by atoms with Gasteiger partial charge in [-0.2, -0.15) is 0 Å². The van der Waals surface area contributed by atoms with E-state index >= 15 is 0 Å². The fourth-order valence-electron chi connectivity index (χ4n) is 5.51. The third-order valence-corrected chi connectivity index (χ3v) is 7.13. The van der Waals surface area contributed by atoms with Crippen LogP contribution in [0.2, 0.25) is 0 Å². The molecular weight excluding hydrogens is 431 g/mol. The molecule has 3 atom stereocenters. The third-order valence-electron chi connectivity index (χ3n) is 7.13. The molecule has 1 aromatic heterocycles. The Hall–Kier alpha value is -1.37. The van der Waals surface area contributed by atoms with Crippen LogP contribution in [0, 0.1) is 5.92 Å². The molecule has 7 heteroatoms. The van der Waals surface area contributed by atoms with Crippen molar-refractivity contribution in [2.75, 3.05) is 33.2 Å². The van der Waals surface area contributed by atoms with Crippen LogP contribution in [-0.4, -0.2) is 53.6 Å². The number of nitrogens with zero attached hydrogens (tertiary/aromatic N) is 3. The molecule has 3 aliphatic rings. The Morgan fingerprint density at radius 3 is 2.68 bits per heavy atom. The topological polar surface area (TPSA) is 40.5 Å². The van der Waals surface area contributed by atoms with Gasteiger partial charge in [0.15, 0.2) is 0 Å². The molecule has 0 spiro atoms. The number of fused-ring (bicyclic) bond motifs is 4. The fraction of sp³-hybridized carbons (Fsp3) is 0.542. The Morgan fingerprint density at radius 1 is 1.06 bits per heavy atom. The normalized spacial score (nSPS) is 24.9. The number of hydrogen-bond acceptors (Lipinski definition) is 4. The molecule has 0 unspecified atom stereocenters. The van der Waals surface area contributed by atoms with E-state index in [-0.39, 0.29) is 30.4 Å². The van der Waals surface area contributed by atoms with Crippen molar-refractivity contribution >= 4 is 24.8 Å². The number of aromatic nitrogens is 1. The van der Waals surface area contributed by atoms with Gasteiger partial charge >= 0.3 is 0 Å². The molecule has 0 saturated carbocycles. The lowest BCUT2D eigenvalue weighted by molar-refractivity contribution is 0.219. The first-order chi connectivity index (χ1) is 14.2. The van der Waals surface area contributed by atoms with Crippen molar-refractivity contribution in [1.29, 1.82) is 0 Å². The van der Waals surface area contributed by atoms with Crippen molar-refractivity contribution < 1.29 is 0 Å². The molecule has 2 fully saturated rings. The second-order valence-electron chi connectivity index (χ2n) is 9.23. The van der Waals surface area contributed by atoms with Gasteiger partial charge < -0.3 is 9.88 Å². The van der Waals surface area contributed by atoms with E-state index in [0.29, 0.717) is 17.9 Å². The van der Waals surface area contributed by atoms with Gasteiger partial charge in [-0.3, -0.25) is 14.6 Å². The summed E-state index contributed by atoms with van der Waals surface area (Å²) in [5.74, 6) is 1.11. The maximum Gasteiger partial charge on any atom is 0.255 e. The van der Waals surface area contributed by atoms with Crippen molar-refractivity contribution in [3.05, 3.63) is 69.6 Å². The maximum absolute atomic E-state index is 13.2. The van der Waals surface area contributed by atoms with Crippen LogP contribution in [0.15, 0.2) is 47.3 Å². The van der Waals surface area contributed by atoms with Crippen LogP contribution in [0.25, 0.3) is 0 Å². The molecule has 1 aromatic carbocycles. The minimum Gasteiger partial charge on any atom is -0.316 e. The van der Waals surface area contributed by atoms with Crippen molar-refractivity contribution in [1.82, 2.24) is 19.7 Å². The number of likely N-dealkylation sites (tertiary alicyclic amines) is 1. The van der Waals surface area contributed by atoms with Gasteiger partial charge in [0.1, 0.15) is 0 Å². The number of halogens is 2. The van der Waals surface area contributed by atoms with E-state index in [9.17, 15) is 4.79 Å². The van der Waals surface area contributed by atoms with E-state index in [0.717, 1.165) is 51.4 Å². The van der Waals surface area contributed by atoms with Gasteiger partial charge in [0, 0.05) is 62.5 Å². The van der Waals surface area contributed by atoms with Crippen molar-refractivity contribution in [2.24, 2.45) is 5.92 Å². The highest BCUT2D eigenvalue weighted by Crippen LogP contribution is 2.31. The molecular formula is C24H34Cl2N4O. The molecule has 5 nitrogen and oxygen atoms in total. The molecule has 170 valence electrons. The molecule has 2 saturated heterocycles. The Bertz CT molecular complexity index is 920. The first-order valence-electron chi connectivity index (χ1n) is 11.1. The lowest BCUT2D eigenvalue weighted by atomic mass is 9.84. The quantitative estimate of drug-likeness (QED) is 0.737. The minimum absolute atomic E-state index is 0. The molecule has 4 heterocycles. The van der Waals surface area contributed by atoms with Gasteiger partial charge in [0.25, 0.3) is 5.56 Å². The number of rotatable bonds is 5. The molecule has 3 aliphatic heterocycles. The van der Waals surface area contributed by atoms with Crippen molar-refractivity contribution in [2.45, 2.75) is 44.4 Å². The Balaban J connectivity index is 0.00000136. The van der Waals surface area contributed by atoms with E-state index in [4.69, 9.17) is 0 Å². The molecule has 31 heavy (non-hydrogen) atoms. The smallest absolute Gasteiger partial charge is 0.255 e. The number of hydrogen-bond donors (Lipinski definition) is 1. The molecule has 2 aromatic rings. The van der Waals surface area contributed by atoms with Crippen LogP contribution in [0.3, 0.4) is 0 Å². The fourth-order valence-corrected chi connectivity index (χ4v) is 5.51. The zero-order valence-corrected chi connectivity index (χ0v) is 19.8. The van der Waals surface area contributed by atoms with E-state index in [2.05, 4.69) is 69.2 Å². The van der Waals surface area contributed by atoms with Gasteiger partial charge in [-0.15, -0.1) is 24.8 Å². The lowest BCUT2D eigenvalue weighted by Gasteiger charge is -2.37. The van der Waals surface area contributed by atoms with Gasteiger partial charge in [-0.05, 0) is 44.0 Å². The van der Waals surface area contributed by atoms with Crippen LogP contribution >= 0.6 is 24.8 Å². The molecule has 0 radical (unpaired) electrons. The predicted octanol–water partition coefficient (Wildman–Crippen LogP) is 3.10.